The van der Waals surface area contributed by atoms with Crippen LogP contribution < -0.4 is 5.32 Å². The maximum atomic E-state index is 11.6. The van der Waals surface area contributed by atoms with E-state index < -0.39 is 0 Å². The van der Waals surface area contributed by atoms with Crippen LogP contribution in [0.4, 0.5) is 0 Å². The quantitative estimate of drug-likeness (QED) is 0.765. The lowest BCUT2D eigenvalue weighted by Crippen LogP contribution is -2.30. The van der Waals surface area contributed by atoms with E-state index in [4.69, 9.17) is 0 Å². The molecule has 1 aromatic heterocycles. The molecule has 3 nitrogen and oxygen atoms in total. The highest BCUT2D eigenvalue weighted by Crippen LogP contribution is 2.13. The fraction of sp³-hybridized carbons (Fsp3) is 0.500. The normalized spacial score (nSPS) is 21.1. The third kappa shape index (κ3) is 2.27. The zero-order chi connectivity index (χ0) is 8.39. The predicted molar refractivity (Wildman–Crippen MR) is 54.7 cm³/mol. The van der Waals surface area contributed by atoms with E-state index in [1.807, 2.05) is 5.38 Å². The summed E-state index contributed by atoms with van der Waals surface area (Å²) >= 11 is 1.42. The molecule has 2 rings (SSSR count). The van der Waals surface area contributed by atoms with Gasteiger partial charge in [-0.05, 0) is 19.4 Å². The van der Waals surface area contributed by atoms with Gasteiger partial charge in [-0.15, -0.1) is 23.7 Å². The molecule has 0 aromatic carbocycles. The number of thiazole rings is 1. The van der Waals surface area contributed by atoms with Crippen molar-refractivity contribution in [2.75, 3.05) is 6.54 Å². The third-order valence-corrected chi connectivity index (χ3v) is 2.81. The van der Waals surface area contributed by atoms with Crippen molar-refractivity contribution >= 4 is 29.5 Å². The number of hydrogen-bond acceptors (Lipinski definition) is 4. The number of ketones is 1. The molecule has 0 amide bonds. The average Bonchev–Trinajstić information content (AvgIpc) is 2.77. The van der Waals surface area contributed by atoms with Crippen molar-refractivity contribution < 1.29 is 4.79 Å². The molecule has 72 valence electrons. The van der Waals surface area contributed by atoms with Gasteiger partial charge < -0.3 is 5.32 Å². The summed E-state index contributed by atoms with van der Waals surface area (Å²) in [4.78, 5) is 15.6. The van der Waals surface area contributed by atoms with E-state index in [9.17, 15) is 4.79 Å². The summed E-state index contributed by atoms with van der Waals surface area (Å²) in [7, 11) is 0. The van der Waals surface area contributed by atoms with Gasteiger partial charge in [0.25, 0.3) is 0 Å². The standard InChI is InChI=1S/C8H10N2OS.ClH/c11-7(6-2-1-3-9-6)8-10-4-5-12-8;/h4-6,9H,1-3H2;1H. The van der Waals surface area contributed by atoms with Gasteiger partial charge in [0.15, 0.2) is 5.01 Å². The van der Waals surface area contributed by atoms with Gasteiger partial charge in [0, 0.05) is 11.6 Å². The predicted octanol–water partition coefficient (Wildman–Crippen LogP) is 1.50. The minimum absolute atomic E-state index is 0. The zero-order valence-electron chi connectivity index (χ0n) is 7.03. The summed E-state index contributed by atoms with van der Waals surface area (Å²) in [6.45, 7) is 0.960. The monoisotopic (exact) mass is 218 g/mol. The molecular formula is C8H11ClN2OS. The Hall–Kier alpha value is -0.450. The van der Waals surface area contributed by atoms with Crippen molar-refractivity contribution in [2.24, 2.45) is 0 Å². The lowest BCUT2D eigenvalue weighted by molar-refractivity contribution is 0.0952. The van der Waals surface area contributed by atoms with Gasteiger partial charge in [-0.3, -0.25) is 4.79 Å². The highest BCUT2D eigenvalue weighted by Gasteiger charge is 2.24. The molecule has 1 unspecified atom stereocenters. The number of hydrogen-bond donors (Lipinski definition) is 1. The Bertz CT molecular complexity index is 270. The van der Waals surface area contributed by atoms with Gasteiger partial charge in [0.2, 0.25) is 5.78 Å². The summed E-state index contributed by atoms with van der Waals surface area (Å²) in [5.41, 5.74) is 0. The van der Waals surface area contributed by atoms with Gasteiger partial charge in [-0.2, -0.15) is 0 Å². The van der Waals surface area contributed by atoms with Gasteiger partial charge in [0.1, 0.15) is 0 Å². The minimum Gasteiger partial charge on any atom is -0.307 e. The Kier molecular flexibility index (Phi) is 3.84. The Balaban J connectivity index is 0.000000845. The lowest BCUT2D eigenvalue weighted by atomic mass is 10.1. The van der Waals surface area contributed by atoms with Crippen LogP contribution in [0.1, 0.15) is 22.6 Å². The lowest BCUT2D eigenvalue weighted by Gasteiger charge is -2.04. The SMILES string of the molecule is Cl.O=C(c1nccs1)C1CCCN1. The Labute approximate surface area is 87.0 Å². The molecule has 0 spiro atoms. The van der Waals surface area contributed by atoms with Crippen molar-refractivity contribution in [3.8, 4) is 0 Å². The largest absolute Gasteiger partial charge is 0.307 e. The van der Waals surface area contributed by atoms with Crippen LogP contribution in [0.15, 0.2) is 11.6 Å². The van der Waals surface area contributed by atoms with E-state index in [-0.39, 0.29) is 24.2 Å². The number of carbonyl (C=O) groups is 1. The van der Waals surface area contributed by atoms with Crippen LogP contribution in [-0.2, 0) is 0 Å². The van der Waals surface area contributed by atoms with Crippen molar-refractivity contribution in [1.82, 2.24) is 10.3 Å². The van der Waals surface area contributed by atoms with Crippen LogP contribution in [0.2, 0.25) is 0 Å². The Morgan fingerprint density at radius 1 is 1.69 bits per heavy atom. The van der Waals surface area contributed by atoms with E-state index in [0.29, 0.717) is 5.01 Å². The minimum atomic E-state index is 0. The first-order chi connectivity index (χ1) is 5.88. The Morgan fingerprint density at radius 3 is 3.08 bits per heavy atom. The molecule has 1 atom stereocenters. The van der Waals surface area contributed by atoms with Crippen molar-refractivity contribution in [2.45, 2.75) is 18.9 Å². The molecule has 13 heavy (non-hydrogen) atoms. The molecule has 0 radical (unpaired) electrons. The third-order valence-electron chi connectivity index (χ3n) is 2.02. The number of carbonyl (C=O) groups excluding carboxylic acids is 1. The first-order valence-electron chi connectivity index (χ1n) is 4.05. The van der Waals surface area contributed by atoms with E-state index in [2.05, 4.69) is 10.3 Å². The van der Waals surface area contributed by atoms with E-state index in [0.717, 1.165) is 19.4 Å². The van der Waals surface area contributed by atoms with Crippen LogP contribution >= 0.6 is 23.7 Å². The second-order valence-electron chi connectivity index (χ2n) is 2.85. The van der Waals surface area contributed by atoms with Gasteiger partial charge >= 0.3 is 0 Å². The average molecular weight is 219 g/mol. The number of aromatic nitrogens is 1. The molecule has 5 heteroatoms. The molecule has 1 aliphatic rings. The van der Waals surface area contributed by atoms with Crippen LogP contribution in [-0.4, -0.2) is 23.4 Å². The second kappa shape index (κ2) is 4.69. The number of rotatable bonds is 2. The molecule has 1 saturated heterocycles. The zero-order valence-corrected chi connectivity index (χ0v) is 8.66. The molecule has 1 aromatic rings. The summed E-state index contributed by atoms with van der Waals surface area (Å²) in [6.07, 6.45) is 3.73. The van der Waals surface area contributed by atoms with Gasteiger partial charge in [-0.1, -0.05) is 0 Å². The number of nitrogens with zero attached hydrogens (tertiary/aromatic N) is 1. The number of halogens is 1. The van der Waals surface area contributed by atoms with Crippen LogP contribution in [0.25, 0.3) is 0 Å². The second-order valence-corrected chi connectivity index (χ2v) is 3.75. The molecular weight excluding hydrogens is 208 g/mol. The molecule has 1 aliphatic heterocycles. The summed E-state index contributed by atoms with van der Waals surface area (Å²) in [6, 6.07) is 0.0242. The van der Waals surface area contributed by atoms with Crippen molar-refractivity contribution in [3.63, 3.8) is 0 Å². The topological polar surface area (TPSA) is 42.0 Å². The fourth-order valence-corrected chi connectivity index (χ4v) is 2.03. The first-order valence-corrected chi connectivity index (χ1v) is 4.93. The molecule has 0 bridgehead atoms. The molecule has 0 aliphatic carbocycles. The smallest absolute Gasteiger partial charge is 0.208 e. The molecule has 0 saturated carbocycles. The first kappa shape index (κ1) is 10.6. The van der Waals surface area contributed by atoms with E-state index in [1.165, 1.54) is 11.3 Å². The molecule has 1 N–H and O–H groups in total. The number of nitrogens with one attached hydrogen (secondary N) is 1. The number of Topliss-reactive ketones (excluding diaryl/α,β-unsaturated/α-hetero) is 1. The highest BCUT2D eigenvalue weighted by molar-refractivity contribution is 7.11. The van der Waals surface area contributed by atoms with Crippen molar-refractivity contribution in [3.05, 3.63) is 16.6 Å². The molecule has 2 heterocycles. The highest BCUT2D eigenvalue weighted by atomic mass is 35.5. The van der Waals surface area contributed by atoms with Gasteiger partial charge in [0.05, 0.1) is 6.04 Å². The van der Waals surface area contributed by atoms with Crippen LogP contribution in [0, 0.1) is 0 Å². The maximum absolute atomic E-state index is 11.6. The summed E-state index contributed by atoms with van der Waals surface area (Å²) in [5, 5.41) is 5.63. The van der Waals surface area contributed by atoms with Crippen LogP contribution in [0.3, 0.4) is 0 Å². The maximum Gasteiger partial charge on any atom is 0.208 e. The summed E-state index contributed by atoms with van der Waals surface area (Å²) < 4.78 is 0. The van der Waals surface area contributed by atoms with Gasteiger partial charge in [-0.25, -0.2) is 4.98 Å². The Morgan fingerprint density at radius 2 is 2.54 bits per heavy atom. The molecule has 1 fully saturated rings. The van der Waals surface area contributed by atoms with E-state index in [1.54, 1.807) is 6.20 Å². The van der Waals surface area contributed by atoms with E-state index >= 15 is 0 Å². The van der Waals surface area contributed by atoms with Crippen molar-refractivity contribution in [1.29, 1.82) is 0 Å². The fourth-order valence-electron chi connectivity index (χ4n) is 1.40. The van der Waals surface area contributed by atoms with Crippen LogP contribution in [0.5, 0.6) is 0 Å². The summed E-state index contributed by atoms with van der Waals surface area (Å²) in [5.74, 6) is 0.155.